The van der Waals surface area contributed by atoms with E-state index in [-0.39, 0.29) is 12.5 Å². The zero-order valence-electron chi connectivity index (χ0n) is 18.9. The Labute approximate surface area is 190 Å². The number of anilines is 1. The number of benzene rings is 2. The van der Waals surface area contributed by atoms with Gasteiger partial charge in [0.15, 0.2) is 0 Å². The van der Waals surface area contributed by atoms with Crippen molar-refractivity contribution in [1.82, 2.24) is 10.2 Å². The molecule has 0 aliphatic heterocycles. The third kappa shape index (κ3) is 6.98. The second kappa shape index (κ2) is 11.5. The Morgan fingerprint density at radius 1 is 1.09 bits per heavy atom. The minimum atomic E-state index is -3.77. The lowest BCUT2D eigenvalue weighted by Crippen LogP contribution is -2.52. The summed E-state index contributed by atoms with van der Waals surface area (Å²) in [6.45, 7) is 3.73. The number of nitrogens with zero attached hydrogens (tertiary/aromatic N) is 2. The number of amides is 2. The molecule has 0 radical (unpaired) electrons. The number of hydrogen-bond acceptors (Lipinski definition) is 5. The lowest BCUT2D eigenvalue weighted by Gasteiger charge is -2.31. The van der Waals surface area contributed by atoms with Crippen LogP contribution in [0.15, 0.2) is 54.6 Å². The van der Waals surface area contributed by atoms with E-state index in [9.17, 15) is 18.0 Å². The fraction of sp³-hybridized carbons (Fsp3) is 0.391. The van der Waals surface area contributed by atoms with E-state index in [1.54, 1.807) is 38.1 Å². The molecule has 0 aromatic heterocycles. The van der Waals surface area contributed by atoms with Crippen LogP contribution in [0.2, 0.25) is 0 Å². The normalized spacial score (nSPS) is 12.0. The van der Waals surface area contributed by atoms with E-state index in [0.29, 0.717) is 24.4 Å². The molecule has 0 bridgehead atoms. The first-order valence-electron chi connectivity index (χ1n) is 10.4. The van der Waals surface area contributed by atoms with Crippen LogP contribution in [0.25, 0.3) is 0 Å². The van der Waals surface area contributed by atoms with Crippen LogP contribution >= 0.6 is 0 Å². The highest BCUT2D eigenvalue weighted by Gasteiger charge is 2.29. The number of likely N-dealkylation sites (N-methyl/N-ethyl adjacent to an activating group) is 1. The molecule has 0 saturated carbocycles. The van der Waals surface area contributed by atoms with Gasteiger partial charge in [-0.2, -0.15) is 0 Å². The summed E-state index contributed by atoms with van der Waals surface area (Å²) < 4.78 is 31.2. The second-order valence-electron chi connectivity index (χ2n) is 7.36. The molecular formula is C23H31N3O5S. The molecule has 0 heterocycles. The van der Waals surface area contributed by atoms with Crippen molar-refractivity contribution in [2.45, 2.75) is 26.3 Å². The van der Waals surface area contributed by atoms with E-state index in [1.165, 1.54) is 12.0 Å². The van der Waals surface area contributed by atoms with Gasteiger partial charge in [0.2, 0.25) is 21.8 Å². The Morgan fingerprint density at radius 2 is 1.78 bits per heavy atom. The maximum Gasteiger partial charge on any atom is 0.244 e. The molecule has 0 saturated heterocycles. The number of nitrogens with one attached hydrogen (secondary N) is 1. The van der Waals surface area contributed by atoms with Crippen LogP contribution in [0.3, 0.4) is 0 Å². The predicted octanol–water partition coefficient (Wildman–Crippen LogP) is 2.06. The standard InChI is InChI=1S/C23H31N3O5S/c1-5-24-23(28)18(2)25(15-14-19-10-7-6-8-11-19)22(27)17-26(32(4,29)30)20-12-9-13-21(16-20)31-3/h6-13,16,18H,5,14-15,17H2,1-4H3,(H,24,28)/t18-/m0/s1. The summed E-state index contributed by atoms with van der Waals surface area (Å²) in [6, 6.07) is 15.3. The molecule has 0 spiro atoms. The van der Waals surface area contributed by atoms with E-state index in [2.05, 4.69) is 5.32 Å². The van der Waals surface area contributed by atoms with Gasteiger partial charge in [-0.05, 0) is 38.0 Å². The maximum absolute atomic E-state index is 13.3. The summed E-state index contributed by atoms with van der Waals surface area (Å²) in [5.41, 5.74) is 1.33. The lowest BCUT2D eigenvalue weighted by atomic mass is 10.1. The zero-order valence-corrected chi connectivity index (χ0v) is 19.8. The molecule has 0 aliphatic carbocycles. The molecule has 8 nitrogen and oxygen atoms in total. The molecule has 1 N–H and O–H groups in total. The highest BCUT2D eigenvalue weighted by atomic mass is 32.2. The zero-order chi connectivity index (χ0) is 23.7. The fourth-order valence-corrected chi connectivity index (χ4v) is 4.11. The topological polar surface area (TPSA) is 96.0 Å². The molecule has 9 heteroatoms. The van der Waals surface area contributed by atoms with Gasteiger partial charge in [0.1, 0.15) is 18.3 Å². The van der Waals surface area contributed by atoms with Crippen molar-refractivity contribution >= 4 is 27.5 Å². The van der Waals surface area contributed by atoms with Gasteiger partial charge in [-0.1, -0.05) is 36.4 Å². The van der Waals surface area contributed by atoms with E-state index in [4.69, 9.17) is 4.74 Å². The summed E-state index contributed by atoms with van der Waals surface area (Å²) >= 11 is 0. The van der Waals surface area contributed by atoms with Crippen LogP contribution in [0.1, 0.15) is 19.4 Å². The molecule has 2 amide bonds. The van der Waals surface area contributed by atoms with Crippen molar-refractivity contribution in [2.24, 2.45) is 0 Å². The van der Waals surface area contributed by atoms with Crippen molar-refractivity contribution in [3.63, 3.8) is 0 Å². The number of sulfonamides is 1. The number of rotatable bonds is 11. The SMILES string of the molecule is CCNC(=O)[C@H](C)N(CCc1ccccc1)C(=O)CN(c1cccc(OC)c1)S(C)(=O)=O. The number of ether oxygens (including phenoxy) is 1. The number of methoxy groups -OCH3 is 1. The van der Waals surface area contributed by atoms with Gasteiger partial charge in [0, 0.05) is 19.2 Å². The van der Waals surface area contributed by atoms with Gasteiger partial charge in [-0.3, -0.25) is 13.9 Å². The summed E-state index contributed by atoms with van der Waals surface area (Å²) in [5.74, 6) is -0.283. The summed E-state index contributed by atoms with van der Waals surface area (Å²) in [7, 11) is -2.28. The minimum absolute atomic E-state index is 0.275. The van der Waals surface area contributed by atoms with Gasteiger partial charge < -0.3 is 15.0 Å². The number of hydrogen-bond donors (Lipinski definition) is 1. The quantitative estimate of drug-likeness (QED) is 0.553. The number of carbonyl (C=O) groups excluding carboxylic acids is 2. The Bertz CT molecular complexity index is 1010. The van der Waals surface area contributed by atoms with Gasteiger partial charge in [0.05, 0.1) is 19.1 Å². The van der Waals surface area contributed by atoms with Crippen LogP contribution in [0.5, 0.6) is 5.75 Å². The molecule has 0 aliphatic rings. The summed E-state index contributed by atoms with van der Waals surface area (Å²) in [5, 5.41) is 2.73. The van der Waals surface area contributed by atoms with E-state index in [0.717, 1.165) is 16.1 Å². The van der Waals surface area contributed by atoms with Gasteiger partial charge in [-0.25, -0.2) is 8.42 Å². The fourth-order valence-electron chi connectivity index (χ4n) is 3.27. The molecule has 32 heavy (non-hydrogen) atoms. The molecule has 1 atom stereocenters. The minimum Gasteiger partial charge on any atom is -0.497 e. The van der Waals surface area contributed by atoms with Crippen LogP contribution in [0, 0.1) is 0 Å². The molecular weight excluding hydrogens is 430 g/mol. The largest absolute Gasteiger partial charge is 0.497 e. The predicted molar refractivity (Wildman–Crippen MR) is 125 cm³/mol. The van der Waals surface area contributed by atoms with Gasteiger partial charge in [0.25, 0.3) is 0 Å². The van der Waals surface area contributed by atoms with Crippen molar-refractivity contribution < 1.29 is 22.7 Å². The first-order valence-corrected chi connectivity index (χ1v) is 12.2. The van der Waals surface area contributed by atoms with Crippen LogP contribution in [-0.4, -0.2) is 64.2 Å². The van der Waals surface area contributed by atoms with Crippen molar-refractivity contribution in [3.8, 4) is 5.75 Å². The van der Waals surface area contributed by atoms with Crippen LogP contribution in [0.4, 0.5) is 5.69 Å². The van der Waals surface area contributed by atoms with Crippen molar-refractivity contribution in [2.75, 3.05) is 37.3 Å². The van der Waals surface area contributed by atoms with E-state index >= 15 is 0 Å². The molecule has 0 unspecified atom stereocenters. The maximum atomic E-state index is 13.3. The Kier molecular flexibility index (Phi) is 9.07. The van der Waals surface area contributed by atoms with Gasteiger partial charge in [-0.15, -0.1) is 0 Å². The summed E-state index contributed by atoms with van der Waals surface area (Å²) in [4.78, 5) is 27.2. The average Bonchev–Trinajstić information content (AvgIpc) is 2.77. The van der Waals surface area contributed by atoms with Crippen molar-refractivity contribution in [1.29, 1.82) is 0 Å². The molecule has 2 aromatic rings. The monoisotopic (exact) mass is 461 g/mol. The van der Waals surface area contributed by atoms with Crippen molar-refractivity contribution in [3.05, 3.63) is 60.2 Å². The first-order chi connectivity index (χ1) is 15.2. The Balaban J connectivity index is 2.30. The lowest BCUT2D eigenvalue weighted by molar-refractivity contribution is -0.138. The highest BCUT2D eigenvalue weighted by molar-refractivity contribution is 7.92. The summed E-state index contributed by atoms with van der Waals surface area (Å²) in [6.07, 6.45) is 1.58. The third-order valence-corrected chi connectivity index (χ3v) is 6.16. The molecule has 2 aromatic carbocycles. The number of carbonyl (C=O) groups is 2. The smallest absolute Gasteiger partial charge is 0.244 e. The molecule has 0 fully saturated rings. The van der Waals surface area contributed by atoms with E-state index in [1.807, 2.05) is 30.3 Å². The van der Waals surface area contributed by atoms with Crippen LogP contribution in [-0.2, 0) is 26.0 Å². The third-order valence-electron chi connectivity index (χ3n) is 5.02. The molecule has 2 rings (SSSR count). The molecule has 174 valence electrons. The Hall–Kier alpha value is -3.07. The van der Waals surface area contributed by atoms with E-state index < -0.39 is 28.5 Å². The highest BCUT2D eigenvalue weighted by Crippen LogP contribution is 2.23. The average molecular weight is 462 g/mol. The van der Waals surface area contributed by atoms with Crippen LogP contribution < -0.4 is 14.4 Å². The first kappa shape index (κ1) is 25.2. The Morgan fingerprint density at radius 3 is 2.38 bits per heavy atom. The second-order valence-corrected chi connectivity index (χ2v) is 9.27. The van der Waals surface area contributed by atoms with Gasteiger partial charge >= 0.3 is 0 Å².